The van der Waals surface area contributed by atoms with Gasteiger partial charge in [-0.05, 0) is 37.8 Å². The van der Waals surface area contributed by atoms with Crippen LogP contribution in [0.3, 0.4) is 0 Å². The zero-order valence-corrected chi connectivity index (χ0v) is 13.7. The third-order valence-electron chi connectivity index (χ3n) is 5.09. The number of pyridine rings is 1. The molecule has 0 aromatic carbocycles. The third kappa shape index (κ3) is 4.75. The SMILES string of the molecule is O=C(CC1(O)CCCC1)NC1CCN(Cc2ccccn2)CC1. The predicted molar refractivity (Wildman–Crippen MR) is 88.7 cm³/mol. The molecule has 2 fully saturated rings. The third-order valence-corrected chi connectivity index (χ3v) is 5.09. The molecule has 5 nitrogen and oxygen atoms in total. The Morgan fingerprint density at radius 3 is 2.70 bits per heavy atom. The van der Waals surface area contributed by atoms with Crippen LogP contribution in [0.1, 0.15) is 50.6 Å². The fourth-order valence-corrected chi connectivity index (χ4v) is 3.74. The number of aromatic nitrogens is 1. The maximum atomic E-state index is 12.2. The Hall–Kier alpha value is -1.46. The molecule has 1 saturated carbocycles. The second-order valence-corrected chi connectivity index (χ2v) is 7.05. The molecule has 3 rings (SSSR count). The standard InChI is InChI=1S/C18H27N3O2/c22-17(13-18(23)8-2-3-9-18)20-15-6-11-21(12-7-15)14-16-5-1-4-10-19-16/h1,4-5,10,15,23H,2-3,6-9,11-14H2,(H,20,22). The number of hydrogen-bond acceptors (Lipinski definition) is 4. The molecule has 1 amide bonds. The van der Waals surface area contributed by atoms with Crippen LogP contribution in [0, 0.1) is 0 Å². The molecule has 1 aliphatic heterocycles. The molecular weight excluding hydrogens is 290 g/mol. The van der Waals surface area contributed by atoms with Gasteiger partial charge in [-0.1, -0.05) is 18.9 Å². The van der Waals surface area contributed by atoms with Crippen LogP contribution in [0.4, 0.5) is 0 Å². The molecule has 0 bridgehead atoms. The summed E-state index contributed by atoms with van der Waals surface area (Å²) in [6, 6.07) is 6.25. The number of nitrogens with zero attached hydrogens (tertiary/aromatic N) is 2. The maximum absolute atomic E-state index is 12.2. The number of nitrogens with one attached hydrogen (secondary N) is 1. The molecule has 1 aromatic heterocycles. The van der Waals surface area contributed by atoms with Gasteiger partial charge in [-0.15, -0.1) is 0 Å². The molecule has 2 aliphatic rings. The fraction of sp³-hybridized carbons (Fsp3) is 0.667. The van der Waals surface area contributed by atoms with E-state index in [2.05, 4.69) is 21.3 Å². The smallest absolute Gasteiger partial charge is 0.223 e. The van der Waals surface area contributed by atoms with Gasteiger partial charge >= 0.3 is 0 Å². The van der Waals surface area contributed by atoms with E-state index in [0.29, 0.717) is 0 Å². The molecule has 5 heteroatoms. The van der Waals surface area contributed by atoms with Gasteiger partial charge in [0.2, 0.25) is 5.91 Å². The molecule has 23 heavy (non-hydrogen) atoms. The van der Waals surface area contributed by atoms with Crippen molar-refractivity contribution in [1.82, 2.24) is 15.2 Å². The first-order valence-corrected chi connectivity index (χ1v) is 8.77. The van der Waals surface area contributed by atoms with Gasteiger partial charge in [0, 0.05) is 31.9 Å². The van der Waals surface area contributed by atoms with Gasteiger partial charge in [0.15, 0.2) is 0 Å². The van der Waals surface area contributed by atoms with E-state index in [-0.39, 0.29) is 18.4 Å². The van der Waals surface area contributed by atoms with Crippen molar-refractivity contribution in [3.8, 4) is 0 Å². The van der Waals surface area contributed by atoms with Gasteiger partial charge < -0.3 is 10.4 Å². The predicted octanol–water partition coefficient (Wildman–Crippen LogP) is 1.86. The van der Waals surface area contributed by atoms with Crippen molar-refractivity contribution >= 4 is 5.91 Å². The van der Waals surface area contributed by atoms with Crippen LogP contribution in [0.25, 0.3) is 0 Å². The second-order valence-electron chi connectivity index (χ2n) is 7.05. The van der Waals surface area contributed by atoms with E-state index in [1.807, 2.05) is 18.3 Å². The Balaban J connectivity index is 1.39. The van der Waals surface area contributed by atoms with E-state index in [4.69, 9.17) is 0 Å². The lowest BCUT2D eigenvalue weighted by molar-refractivity contribution is -0.126. The number of rotatable bonds is 5. The lowest BCUT2D eigenvalue weighted by atomic mass is 9.96. The highest BCUT2D eigenvalue weighted by molar-refractivity contribution is 5.77. The van der Waals surface area contributed by atoms with Crippen LogP contribution in [-0.4, -0.2) is 45.6 Å². The Morgan fingerprint density at radius 2 is 2.04 bits per heavy atom. The van der Waals surface area contributed by atoms with Crippen molar-refractivity contribution in [3.05, 3.63) is 30.1 Å². The van der Waals surface area contributed by atoms with E-state index >= 15 is 0 Å². The van der Waals surface area contributed by atoms with E-state index < -0.39 is 5.60 Å². The van der Waals surface area contributed by atoms with Gasteiger partial charge in [-0.2, -0.15) is 0 Å². The summed E-state index contributed by atoms with van der Waals surface area (Å²) in [5, 5.41) is 13.4. The minimum atomic E-state index is -0.746. The molecule has 0 radical (unpaired) electrons. The number of hydrogen-bond donors (Lipinski definition) is 2. The minimum Gasteiger partial charge on any atom is -0.389 e. The molecule has 1 aromatic rings. The summed E-state index contributed by atoms with van der Waals surface area (Å²) in [5.41, 5.74) is 0.350. The molecule has 0 spiro atoms. The van der Waals surface area contributed by atoms with Crippen LogP contribution in [0.2, 0.25) is 0 Å². The maximum Gasteiger partial charge on any atom is 0.223 e. The molecule has 0 atom stereocenters. The lowest BCUT2D eigenvalue weighted by Crippen LogP contribution is -2.46. The largest absolute Gasteiger partial charge is 0.389 e. The Labute approximate surface area is 138 Å². The summed E-state index contributed by atoms with van der Waals surface area (Å²) < 4.78 is 0. The lowest BCUT2D eigenvalue weighted by Gasteiger charge is -2.32. The van der Waals surface area contributed by atoms with E-state index in [1.165, 1.54) is 0 Å². The number of carbonyl (C=O) groups is 1. The number of piperidine rings is 1. The Kier molecular flexibility index (Phi) is 5.28. The quantitative estimate of drug-likeness (QED) is 0.870. The first kappa shape index (κ1) is 16.4. The summed E-state index contributed by atoms with van der Waals surface area (Å²) >= 11 is 0. The molecule has 1 saturated heterocycles. The monoisotopic (exact) mass is 317 g/mol. The molecular formula is C18H27N3O2. The van der Waals surface area contributed by atoms with E-state index in [9.17, 15) is 9.90 Å². The van der Waals surface area contributed by atoms with Crippen molar-refractivity contribution in [2.75, 3.05) is 13.1 Å². The van der Waals surface area contributed by atoms with E-state index in [1.54, 1.807) is 0 Å². The van der Waals surface area contributed by atoms with Gasteiger partial charge in [0.05, 0.1) is 17.7 Å². The van der Waals surface area contributed by atoms with Crippen molar-refractivity contribution in [2.24, 2.45) is 0 Å². The minimum absolute atomic E-state index is 0.0116. The van der Waals surface area contributed by atoms with Crippen LogP contribution in [0.5, 0.6) is 0 Å². The second kappa shape index (κ2) is 7.41. The highest BCUT2D eigenvalue weighted by Crippen LogP contribution is 2.32. The summed E-state index contributed by atoms with van der Waals surface area (Å²) in [5.74, 6) is 0.0116. The van der Waals surface area contributed by atoms with Crippen LogP contribution in [-0.2, 0) is 11.3 Å². The Bertz CT molecular complexity index is 506. The number of likely N-dealkylation sites (tertiary alicyclic amines) is 1. The van der Waals surface area contributed by atoms with E-state index in [0.717, 1.165) is 63.9 Å². The molecule has 2 heterocycles. The van der Waals surface area contributed by atoms with Crippen molar-refractivity contribution in [1.29, 1.82) is 0 Å². The van der Waals surface area contributed by atoms with Gasteiger partial charge in [0.25, 0.3) is 0 Å². The zero-order valence-electron chi connectivity index (χ0n) is 13.7. The average molecular weight is 317 g/mol. The van der Waals surface area contributed by atoms with Gasteiger partial charge in [0.1, 0.15) is 0 Å². The Morgan fingerprint density at radius 1 is 1.30 bits per heavy atom. The fourth-order valence-electron chi connectivity index (χ4n) is 3.74. The topological polar surface area (TPSA) is 65.5 Å². The number of carbonyl (C=O) groups excluding carboxylic acids is 1. The van der Waals surface area contributed by atoms with Crippen LogP contribution < -0.4 is 5.32 Å². The van der Waals surface area contributed by atoms with Gasteiger partial charge in [-0.3, -0.25) is 14.7 Å². The van der Waals surface area contributed by atoms with Crippen LogP contribution >= 0.6 is 0 Å². The normalized spacial score (nSPS) is 22.1. The summed E-state index contributed by atoms with van der Waals surface area (Å²) in [6.07, 6.45) is 7.64. The highest BCUT2D eigenvalue weighted by Gasteiger charge is 2.34. The average Bonchev–Trinajstić information content (AvgIpc) is 2.96. The molecule has 1 aliphatic carbocycles. The summed E-state index contributed by atoms with van der Waals surface area (Å²) in [4.78, 5) is 18.9. The van der Waals surface area contributed by atoms with Crippen molar-refractivity contribution < 1.29 is 9.90 Å². The van der Waals surface area contributed by atoms with Crippen molar-refractivity contribution in [3.63, 3.8) is 0 Å². The zero-order chi connectivity index (χ0) is 16.1. The molecule has 126 valence electrons. The van der Waals surface area contributed by atoms with Gasteiger partial charge in [-0.25, -0.2) is 0 Å². The first-order chi connectivity index (χ1) is 11.1. The van der Waals surface area contributed by atoms with Crippen molar-refractivity contribution in [2.45, 2.75) is 63.1 Å². The number of aliphatic hydroxyl groups is 1. The number of amides is 1. The highest BCUT2D eigenvalue weighted by atomic mass is 16.3. The van der Waals surface area contributed by atoms with Crippen LogP contribution in [0.15, 0.2) is 24.4 Å². The molecule has 2 N–H and O–H groups in total. The molecule has 0 unspecified atom stereocenters. The summed E-state index contributed by atoms with van der Waals surface area (Å²) in [7, 11) is 0. The summed E-state index contributed by atoms with van der Waals surface area (Å²) in [6.45, 7) is 2.83. The first-order valence-electron chi connectivity index (χ1n) is 8.77.